The molecule has 0 amide bonds. The van der Waals surface area contributed by atoms with Gasteiger partial charge in [-0.15, -0.1) is 0 Å². The largest absolute Gasteiger partial charge is 0.497 e. The molecule has 1 saturated heterocycles. The zero-order valence-corrected chi connectivity index (χ0v) is 15.9. The number of rotatable bonds is 5. The van der Waals surface area contributed by atoms with Crippen molar-refractivity contribution >= 4 is 0 Å². The summed E-state index contributed by atoms with van der Waals surface area (Å²) in [5.41, 5.74) is 4.27. The lowest BCUT2D eigenvalue weighted by Gasteiger charge is -2.32. The van der Waals surface area contributed by atoms with E-state index >= 15 is 0 Å². The van der Waals surface area contributed by atoms with E-state index in [-0.39, 0.29) is 0 Å². The van der Waals surface area contributed by atoms with Crippen LogP contribution < -0.4 is 4.74 Å². The number of hydrogen-bond donors (Lipinski definition) is 0. The summed E-state index contributed by atoms with van der Waals surface area (Å²) in [5, 5.41) is 4.28. The van der Waals surface area contributed by atoms with Gasteiger partial charge in [-0.05, 0) is 31.5 Å². The van der Waals surface area contributed by atoms with Gasteiger partial charge in [-0.2, -0.15) is 5.10 Å². The molecule has 4 rings (SSSR count). The molecule has 0 radical (unpaired) electrons. The Hall–Kier alpha value is -2.73. The highest BCUT2D eigenvalue weighted by molar-refractivity contribution is 5.60. The fourth-order valence-corrected chi connectivity index (χ4v) is 3.75. The maximum Gasteiger partial charge on any atom is 0.119 e. The molecule has 6 heteroatoms. The molecule has 6 nitrogen and oxygen atoms in total. The van der Waals surface area contributed by atoms with Crippen LogP contribution in [-0.2, 0) is 13.6 Å². The van der Waals surface area contributed by atoms with Gasteiger partial charge in [-0.25, -0.2) is 4.98 Å². The molecule has 1 aromatic carbocycles. The Kier molecular flexibility index (Phi) is 5.16. The number of benzene rings is 1. The van der Waals surface area contributed by atoms with Crippen LogP contribution in [0.4, 0.5) is 0 Å². The third kappa shape index (κ3) is 4.17. The summed E-state index contributed by atoms with van der Waals surface area (Å²) < 4.78 is 7.19. The third-order valence-corrected chi connectivity index (χ3v) is 5.11. The van der Waals surface area contributed by atoms with E-state index < -0.39 is 0 Å². The van der Waals surface area contributed by atoms with Crippen LogP contribution in [0.2, 0.25) is 0 Å². The van der Waals surface area contributed by atoms with Crippen molar-refractivity contribution in [2.45, 2.75) is 25.3 Å². The number of aromatic nitrogens is 4. The molecule has 27 heavy (non-hydrogen) atoms. The molecule has 1 aliphatic rings. The van der Waals surface area contributed by atoms with Crippen LogP contribution in [0.1, 0.15) is 30.0 Å². The smallest absolute Gasteiger partial charge is 0.119 e. The lowest BCUT2D eigenvalue weighted by Crippen LogP contribution is -2.34. The van der Waals surface area contributed by atoms with Crippen molar-refractivity contribution in [3.05, 3.63) is 60.3 Å². The Morgan fingerprint density at radius 1 is 1.22 bits per heavy atom. The first-order valence-electron chi connectivity index (χ1n) is 9.37. The molecule has 2 aromatic heterocycles. The van der Waals surface area contributed by atoms with E-state index in [0.717, 1.165) is 48.8 Å². The van der Waals surface area contributed by atoms with Gasteiger partial charge in [0.05, 0.1) is 30.9 Å². The Bertz CT molecular complexity index is 907. The summed E-state index contributed by atoms with van der Waals surface area (Å²) in [6.45, 7) is 3.06. The zero-order chi connectivity index (χ0) is 18.6. The van der Waals surface area contributed by atoms with Gasteiger partial charge in [-0.3, -0.25) is 14.6 Å². The maximum absolute atomic E-state index is 5.33. The van der Waals surface area contributed by atoms with Crippen molar-refractivity contribution in [3.63, 3.8) is 0 Å². The minimum atomic E-state index is 0.411. The highest BCUT2D eigenvalue weighted by Gasteiger charge is 2.23. The fraction of sp³-hybridized carbons (Fsp3) is 0.381. The van der Waals surface area contributed by atoms with Crippen molar-refractivity contribution in [2.75, 3.05) is 20.2 Å². The van der Waals surface area contributed by atoms with Crippen molar-refractivity contribution in [2.24, 2.45) is 7.05 Å². The van der Waals surface area contributed by atoms with E-state index in [1.165, 1.54) is 12.0 Å². The number of piperidine rings is 1. The highest BCUT2D eigenvalue weighted by atomic mass is 16.5. The molecule has 0 bridgehead atoms. The highest BCUT2D eigenvalue weighted by Crippen LogP contribution is 2.28. The molecular weight excluding hydrogens is 338 g/mol. The summed E-state index contributed by atoms with van der Waals surface area (Å²) in [6, 6.07) is 7.98. The van der Waals surface area contributed by atoms with Gasteiger partial charge in [0.2, 0.25) is 0 Å². The Morgan fingerprint density at radius 2 is 2.15 bits per heavy atom. The molecule has 1 aliphatic heterocycles. The second-order valence-electron chi connectivity index (χ2n) is 7.16. The molecule has 1 fully saturated rings. The van der Waals surface area contributed by atoms with E-state index in [1.54, 1.807) is 7.11 Å². The first kappa shape index (κ1) is 17.7. The van der Waals surface area contributed by atoms with Crippen molar-refractivity contribution < 1.29 is 4.74 Å². The third-order valence-electron chi connectivity index (χ3n) is 5.11. The lowest BCUT2D eigenvalue weighted by atomic mass is 9.94. The van der Waals surface area contributed by atoms with Crippen LogP contribution in [0.3, 0.4) is 0 Å². The minimum absolute atomic E-state index is 0.411. The number of nitrogens with zero attached hydrogens (tertiary/aromatic N) is 5. The quantitative estimate of drug-likeness (QED) is 0.696. The van der Waals surface area contributed by atoms with Crippen LogP contribution >= 0.6 is 0 Å². The molecule has 140 valence electrons. The van der Waals surface area contributed by atoms with Crippen LogP contribution in [0.5, 0.6) is 5.75 Å². The monoisotopic (exact) mass is 363 g/mol. The van der Waals surface area contributed by atoms with E-state index in [1.807, 2.05) is 54.6 Å². The Morgan fingerprint density at radius 3 is 2.96 bits per heavy atom. The van der Waals surface area contributed by atoms with Gasteiger partial charge in [0.15, 0.2) is 0 Å². The molecule has 0 N–H and O–H groups in total. The summed E-state index contributed by atoms with van der Waals surface area (Å²) >= 11 is 0. The lowest BCUT2D eigenvalue weighted by molar-refractivity contribution is 0.198. The molecule has 0 saturated carbocycles. The van der Waals surface area contributed by atoms with Crippen molar-refractivity contribution in [1.82, 2.24) is 24.6 Å². The van der Waals surface area contributed by atoms with Crippen LogP contribution in [-0.4, -0.2) is 44.8 Å². The predicted molar refractivity (Wildman–Crippen MR) is 104 cm³/mol. The molecule has 1 atom stereocenters. The molecule has 0 spiro atoms. The number of aryl methyl sites for hydroxylation is 1. The maximum atomic E-state index is 5.33. The number of hydrogen-bond acceptors (Lipinski definition) is 5. The van der Waals surface area contributed by atoms with E-state index in [0.29, 0.717) is 5.92 Å². The number of methoxy groups -OCH3 is 1. The normalized spacial score (nSPS) is 17.8. The zero-order valence-electron chi connectivity index (χ0n) is 15.9. The first-order chi connectivity index (χ1) is 13.2. The first-order valence-corrected chi connectivity index (χ1v) is 9.37. The summed E-state index contributed by atoms with van der Waals surface area (Å²) in [5.74, 6) is 1.24. The Balaban J connectivity index is 1.50. The predicted octanol–water partition coefficient (Wildman–Crippen LogP) is 3.27. The average Bonchev–Trinajstić information content (AvgIpc) is 3.13. The molecule has 0 aliphatic carbocycles. The van der Waals surface area contributed by atoms with E-state index in [4.69, 9.17) is 9.72 Å². The van der Waals surface area contributed by atoms with Gasteiger partial charge in [0.25, 0.3) is 0 Å². The van der Waals surface area contributed by atoms with Gasteiger partial charge in [0, 0.05) is 49.6 Å². The summed E-state index contributed by atoms with van der Waals surface area (Å²) in [7, 11) is 3.64. The summed E-state index contributed by atoms with van der Waals surface area (Å²) in [6.07, 6.45) is 10.1. The topological polar surface area (TPSA) is 56.1 Å². The van der Waals surface area contributed by atoms with Gasteiger partial charge < -0.3 is 4.74 Å². The second-order valence-corrected chi connectivity index (χ2v) is 7.16. The van der Waals surface area contributed by atoms with Crippen LogP contribution in [0.15, 0.2) is 49.1 Å². The molecular formula is C21H25N5O. The molecule has 3 heterocycles. The van der Waals surface area contributed by atoms with Crippen molar-refractivity contribution in [3.8, 4) is 17.0 Å². The fourth-order valence-electron chi connectivity index (χ4n) is 3.75. The van der Waals surface area contributed by atoms with E-state index in [2.05, 4.69) is 21.2 Å². The second kappa shape index (κ2) is 7.88. The van der Waals surface area contributed by atoms with E-state index in [9.17, 15) is 0 Å². The minimum Gasteiger partial charge on any atom is -0.497 e. The SMILES string of the molecule is COc1cccc(-c2cncc([C@@H]3CCCN(Cc4cnn(C)c4)C3)n2)c1. The molecule has 3 aromatic rings. The number of ether oxygens (including phenoxy) is 1. The number of likely N-dealkylation sites (tertiary alicyclic amines) is 1. The average molecular weight is 363 g/mol. The molecule has 0 unspecified atom stereocenters. The standard InChI is InChI=1S/C21H25N5O/c1-25-13-16(10-23-25)14-26-8-4-6-18(15-26)21-12-22-11-20(24-21)17-5-3-7-19(9-17)27-2/h3,5,7,9-13,18H,4,6,8,14-15H2,1-2H3/t18-/m1/s1. The van der Waals surface area contributed by atoms with Crippen LogP contribution in [0, 0.1) is 0 Å². The van der Waals surface area contributed by atoms with Crippen LogP contribution in [0.25, 0.3) is 11.3 Å². The Labute approximate surface area is 159 Å². The van der Waals surface area contributed by atoms with Gasteiger partial charge in [0.1, 0.15) is 5.75 Å². The van der Waals surface area contributed by atoms with Crippen molar-refractivity contribution in [1.29, 1.82) is 0 Å². The summed E-state index contributed by atoms with van der Waals surface area (Å²) in [4.78, 5) is 11.9. The van der Waals surface area contributed by atoms with Gasteiger partial charge in [-0.1, -0.05) is 12.1 Å². The van der Waals surface area contributed by atoms with Gasteiger partial charge >= 0.3 is 0 Å².